The molecule has 2 heterocycles. The van der Waals surface area contributed by atoms with Crippen molar-refractivity contribution in [3.05, 3.63) is 56.8 Å². The third kappa shape index (κ3) is 6.30. The highest BCUT2D eigenvalue weighted by molar-refractivity contribution is 6.36. The number of piperidine rings is 1. The molecule has 0 spiro atoms. The SMILES string of the molecule is CC1CCC(NC(=O)c2cc3nc(Cc4c(Cl)ccc(CNC(=O)[C@](C)(O)C(F)(F)F)c4Cl)n(C)c3cc2N2CC3CC3C2)CC1. The van der Waals surface area contributed by atoms with E-state index >= 15 is 0 Å². The van der Waals surface area contributed by atoms with E-state index in [4.69, 9.17) is 28.2 Å². The van der Waals surface area contributed by atoms with Gasteiger partial charge >= 0.3 is 6.18 Å². The first-order valence-corrected chi connectivity index (χ1v) is 16.5. The van der Waals surface area contributed by atoms with Gasteiger partial charge in [-0.1, -0.05) is 36.2 Å². The fourth-order valence-electron chi connectivity index (χ4n) is 6.72. The second kappa shape index (κ2) is 12.2. The van der Waals surface area contributed by atoms with Crippen LogP contribution in [0.4, 0.5) is 18.9 Å². The number of benzene rings is 2. The van der Waals surface area contributed by atoms with Crippen LogP contribution in [-0.2, 0) is 24.8 Å². The average Bonchev–Trinajstić information content (AvgIpc) is 3.48. The molecule has 3 N–H and O–H groups in total. The van der Waals surface area contributed by atoms with E-state index in [9.17, 15) is 27.9 Å². The molecule has 0 radical (unpaired) electrons. The predicted octanol–water partition coefficient (Wildman–Crippen LogP) is 6.17. The highest BCUT2D eigenvalue weighted by atomic mass is 35.5. The molecule has 8 nitrogen and oxygen atoms in total. The van der Waals surface area contributed by atoms with Crippen molar-refractivity contribution >= 4 is 51.7 Å². The van der Waals surface area contributed by atoms with Crippen molar-refractivity contribution in [2.75, 3.05) is 18.0 Å². The van der Waals surface area contributed by atoms with Crippen molar-refractivity contribution in [2.24, 2.45) is 24.8 Å². The van der Waals surface area contributed by atoms with E-state index in [0.717, 1.165) is 50.0 Å². The molecule has 3 aliphatic rings. The highest BCUT2D eigenvalue weighted by Crippen LogP contribution is 2.47. The van der Waals surface area contributed by atoms with Crippen molar-refractivity contribution in [2.45, 2.75) is 76.7 Å². The third-order valence-electron chi connectivity index (χ3n) is 10.0. The summed E-state index contributed by atoms with van der Waals surface area (Å²) in [5.41, 5.74) is 0.273. The Labute approximate surface area is 275 Å². The number of amides is 2. The number of nitrogens with zero attached hydrogens (tertiary/aromatic N) is 3. The maximum Gasteiger partial charge on any atom is 0.426 e. The predicted molar refractivity (Wildman–Crippen MR) is 171 cm³/mol. The zero-order valence-corrected chi connectivity index (χ0v) is 27.5. The zero-order chi connectivity index (χ0) is 33.1. The summed E-state index contributed by atoms with van der Waals surface area (Å²) in [7, 11) is 1.88. The largest absolute Gasteiger partial charge is 0.426 e. The molecule has 3 fully saturated rings. The van der Waals surface area contributed by atoms with Crippen LogP contribution < -0.4 is 15.5 Å². The normalized spacial score (nSPS) is 24.1. The molecule has 248 valence electrons. The number of nitrogens with one attached hydrogen (secondary N) is 2. The van der Waals surface area contributed by atoms with Gasteiger partial charge in [-0.15, -0.1) is 0 Å². The van der Waals surface area contributed by atoms with Gasteiger partial charge in [-0.3, -0.25) is 9.59 Å². The Morgan fingerprint density at radius 2 is 1.76 bits per heavy atom. The smallest absolute Gasteiger partial charge is 0.373 e. The fraction of sp³-hybridized carbons (Fsp3) is 0.545. The molecule has 2 aliphatic carbocycles. The fourth-order valence-corrected chi connectivity index (χ4v) is 7.29. The molecular weight excluding hydrogens is 642 g/mol. The summed E-state index contributed by atoms with van der Waals surface area (Å²) >= 11 is 13.2. The van der Waals surface area contributed by atoms with Crippen LogP contribution in [0.15, 0.2) is 24.3 Å². The van der Waals surface area contributed by atoms with Crippen molar-refractivity contribution < 1.29 is 27.9 Å². The summed E-state index contributed by atoms with van der Waals surface area (Å²) in [6, 6.07) is 7.12. The van der Waals surface area contributed by atoms with Gasteiger partial charge in [0.2, 0.25) is 5.60 Å². The number of anilines is 1. The molecule has 3 aromatic rings. The Morgan fingerprint density at radius 3 is 2.41 bits per heavy atom. The van der Waals surface area contributed by atoms with Gasteiger partial charge in [0.05, 0.1) is 27.3 Å². The molecule has 3 atom stereocenters. The molecule has 1 aliphatic heterocycles. The van der Waals surface area contributed by atoms with Gasteiger partial charge in [-0.2, -0.15) is 13.2 Å². The van der Waals surface area contributed by atoms with E-state index in [0.29, 0.717) is 57.7 Å². The van der Waals surface area contributed by atoms with E-state index in [-0.39, 0.29) is 29.9 Å². The lowest BCUT2D eigenvalue weighted by molar-refractivity contribution is -0.245. The minimum atomic E-state index is -5.14. The minimum absolute atomic E-state index is 0.0884. The lowest BCUT2D eigenvalue weighted by atomic mass is 9.87. The summed E-state index contributed by atoms with van der Waals surface area (Å²) in [6.07, 6.45) is 0.427. The Hall–Kier alpha value is -3.02. The number of aromatic nitrogens is 2. The standard InChI is InChI=1S/C33H38Cl2F3N5O3/c1-17-4-7-21(8-5-17)40-30(44)23-11-25-27(13-26(23)43-15-19-10-20(19)16-43)42(3)28(41-25)12-22-24(34)9-6-18(29(22)35)14-39-31(45)32(2,46)33(36,37)38/h6,9,11,13,17,19-21,46H,4-5,7-8,10,12,14-16H2,1-3H3,(H,39,45)(H,40,44)/t17?,19?,20?,21?,32-/m0/s1. The van der Waals surface area contributed by atoms with Crippen LogP contribution in [0.5, 0.6) is 0 Å². The second-order valence-corrected chi connectivity index (χ2v) is 14.2. The number of halogens is 5. The topological polar surface area (TPSA) is 99.5 Å². The minimum Gasteiger partial charge on any atom is -0.373 e. The van der Waals surface area contributed by atoms with Gasteiger partial charge in [0.15, 0.2) is 0 Å². The van der Waals surface area contributed by atoms with Crippen LogP contribution >= 0.6 is 23.2 Å². The quantitative estimate of drug-likeness (QED) is 0.265. The number of carbonyl (C=O) groups excluding carboxylic acids is 2. The molecule has 13 heteroatoms. The molecule has 0 bridgehead atoms. The van der Waals surface area contributed by atoms with E-state index < -0.39 is 17.7 Å². The molecule has 6 rings (SSSR count). The van der Waals surface area contributed by atoms with Crippen LogP contribution in [0.1, 0.15) is 73.3 Å². The summed E-state index contributed by atoms with van der Waals surface area (Å²) in [6.45, 7) is 4.15. The van der Waals surface area contributed by atoms with Gasteiger partial charge in [-0.05, 0) is 86.1 Å². The second-order valence-electron chi connectivity index (χ2n) is 13.5. The average molecular weight is 681 g/mol. The maximum absolute atomic E-state index is 13.7. The number of aryl methyl sites for hydroxylation is 1. The third-order valence-corrected chi connectivity index (χ3v) is 10.9. The Kier molecular flexibility index (Phi) is 8.73. The number of carbonyl (C=O) groups is 2. The lowest BCUT2D eigenvalue weighted by Crippen LogP contribution is -2.54. The number of alkyl halides is 3. The van der Waals surface area contributed by atoms with E-state index in [1.807, 2.05) is 23.7 Å². The van der Waals surface area contributed by atoms with Crippen molar-refractivity contribution in [3.63, 3.8) is 0 Å². The summed E-state index contributed by atoms with van der Waals surface area (Å²) in [5.74, 6) is 0.968. The van der Waals surface area contributed by atoms with Gasteiger partial charge < -0.3 is 25.2 Å². The summed E-state index contributed by atoms with van der Waals surface area (Å²) in [5, 5.41) is 15.6. The number of aliphatic hydroxyl groups is 1. The Morgan fingerprint density at radius 1 is 1.09 bits per heavy atom. The number of imidazole rings is 1. The van der Waals surface area contributed by atoms with Crippen molar-refractivity contribution in [1.82, 2.24) is 20.2 Å². The van der Waals surface area contributed by atoms with Crippen molar-refractivity contribution in [3.8, 4) is 0 Å². The van der Waals surface area contributed by atoms with Gasteiger partial charge in [0.1, 0.15) is 5.82 Å². The lowest BCUT2D eigenvalue weighted by Gasteiger charge is -2.28. The van der Waals surface area contributed by atoms with Crippen LogP contribution in [-0.4, -0.2) is 57.4 Å². The molecule has 2 saturated carbocycles. The molecule has 46 heavy (non-hydrogen) atoms. The Bertz CT molecular complexity index is 1670. The molecule has 1 saturated heterocycles. The zero-order valence-electron chi connectivity index (χ0n) is 26.0. The molecule has 2 aromatic carbocycles. The van der Waals surface area contributed by atoms with Crippen LogP contribution in [0, 0.1) is 17.8 Å². The molecule has 1 aromatic heterocycles. The van der Waals surface area contributed by atoms with E-state index in [1.165, 1.54) is 12.5 Å². The number of hydrogen-bond donors (Lipinski definition) is 3. The van der Waals surface area contributed by atoms with Crippen LogP contribution in [0.25, 0.3) is 11.0 Å². The molecule has 2 unspecified atom stereocenters. The van der Waals surface area contributed by atoms with Crippen LogP contribution in [0.3, 0.4) is 0 Å². The first kappa shape index (κ1) is 32.9. The molecular formula is C33H38Cl2F3N5O3. The monoisotopic (exact) mass is 679 g/mol. The number of rotatable bonds is 8. The first-order chi connectivity index (χ1) is 21.6. The maximum atomic E-state index is 13.7. The van der Waals surface area contributed by atoms with Crippen molar-refractivity contribution in [1.29, 1.82) is 0 Å². The highest BCUT2D eigenvalue weighted by Gasteiger charge is 2.55. The number of hydrogen-bond acceptors (Lipinski definition) is 5. The van der Waals surface area contributed by atoms with Gasteiger partial charge in [0.25, 0.3) is 11.8 Å². The molecule has 2 amide bonds. The first-order valence-electron chi connectivity index (χ1n) is 15.7. The van der Waals surface area contributed by atoms with E-state index in [1.54, 1.807) is 6.07 Å². The van der Waals surface area contributed by atoms with Gasteiger partial charge in [0, 0.05) is 44.2 Å². The Balaban J connectivity index is 1.28. The van der Waals surface area contributed by atoms with E-state index in [2.05, 4.69) is 22.5 Å². The number of fused-ring (bicyclic) bond motifs is 2. The van der Waals surface area contributed by atoms with Gasteiger partial charge in [-0.25, -0.2) is 4.98 Å². The summed E-state index contributed by atoms with van der Waals surface area (Å²) < 4.78 is 41.2. The van der Waals surface area contributed by atoms with Crippen LogP contribution in [0.2, 0.25) is 10.0 Å². The summed E-state index contributed by atoms with van der Waals surface area (Å²) in [4.78, 5) is 33.0.